The van der Waals surface area contributed by atoms with Crippen LogP contribution in [0, 0.1) is 0 Å². The molecule has 1 rings (SSSR count). The number of nitrogens with two attached hydrogens (primary N) is 1. The first-order valence-electron chi connectivity index (χ1n) is 5.15. The van der Waals surface area contributed by atoms with Crippen molar-refractivity contribution in [2.45, 2.75) is 6.42 Å². The molecule has 5 nitrogen and oxygen atoms in total. The molecular formula is C12H15N3O2. The van der Waals surface area contributed by atoms with E-state index in [0.29, 0.717) is 12.2 Å². The van der Waals surface area contributed by atoms with Crippen molar-refractivity contribution in [2.75, 3.05) is 11.9 Å². The fourth-order valence-corrected chi connectivity index (χ4v) is 1.25. The zero-order valence-electron chi connectivity index (χ0n) is 9.40. The summed E-state index contributed by atoms with van der Waals surface area (Å²) < 4.78 is 0. The molecule has 3 amide bonds. The molecule has 0 unspecified atom stereocenters. The summed E-state index contributed by atoms with van der Waals surface area (Å²) in [5, 5.41) is 5.23. The maximum absolute atomic E-state index is 11.3. The van der Waals surface area contributed by atoms with E-state index in [1.54, 1.807) is 30.3 Å². The van der Waals surface area contributed by atoms with Crippen molar-refractivity contribution in [2.24, 2.45) is 5.73 Å². The molecule has 0 fully saturated rings. The van der Waals surface area contributed by atoms with Crippen LogP contribution in [0.15, 0.2) is 36.9 Å². The molecule has 90 valence electrons. The summed E-state index contributed by atoms with van der Waals surface area (Å²) in [4.78, 5) is 22.0. The Morgan fingerprint density at radius 3 is 2.47 bits per heavy atom. The van der Waals surface area contributed by atoms with E-state index in [-0.39, 0.29) is 18.4 Å². The Morgan fingerprint density at radius 1 is 1.29 bits per heavy atom. The third-order valence-corrected chi connectivity index (χ3v) is 2.00. The number of hydrogen-bond acceptors (Lipinski definition) is 2. The molecule has 0 aliphatic rings. The summed E-state index contributed by atoms with van der Waals surface area (Å²) in [6.45, 7) is 3.90. The van der Waals surface area contributed by atoms with E-state index in [9.17, 15) is 9.59 Å². The lowest BCUT2D eigenvalue weighted by atomic mass is 10.1. The van der Waals surface area contributed by atoms with Crippen molar-refractivity contribution in [1.82, 2.24) is 5.32 Å². The van der Waals surface area contributed by atoms with Crippen LogP contribution >= 0.6 is 0 Å². The summed E-state index contributed by atoms with van der Waals surface area (Å²) in [5.41, 5.74) is 6.54. The molecule has 0 atom stereocenters. The van der Waals surface area contributed by atoms with Gasteiger partial charge in [0.25, 0.3) is 0 Å². The lowest BCUT2D eigenvalue weighted by Crippen LogP contribution is -2.28. The lowest BCUT2D eigenvalue weighted by molar-refractivity contribution is -0.117. The summed E-state index contributed by atoms with van der Waals surface area (Å²) in [7, 11) is 0. The van der Waals surface area contributed by atoms with Crippen molar-refractivity contribution in [3.63, 3.8) is 0 Å². The molecule has 0 aliphatic heterocycles. The van der Waals surface area contributed by atoms with Gasteiger partial charge in [0.1, 0.15) is 0 Å². The summed E-state index contributed by atoms with van der Waals surface area (Å²) >= 11 is 0. The molecule has 1 aromatic rings. The zero-order chi connectivity index (χ0) is 12.7. The average Bonchev–Trinajstić information content (AvgIpc) is 2.28. The Kier molecular flexibility index (Phi) is 4.75. The normalized spacial score (nSPS) is 9.41. The van der Waals surface area contributed by atoms with Crippen LogP contribution in [0.5, 0.6) is 0 Å². The highest BCUT2D eigenvalue weighted by molar-refractivity contribution is 5.89. The van der Waals surface area contributed by atoms with Gasteiger partial charge >= 0.3 is 6.03 Å². The van der Waals surface area contributed by atoms with Crippen LogP contribution < -0.4 is 16.4 Å². The maximum atomic E-state index is 11.3. The number of primary amides is 1. The number of carbonyl (C=O) groups is 2. The lowest BCUT2D eigenvalue weighted by Gasteiger charge is -2.06. The first-order chi connectivity index (χ1) is 8.11. The predicted molar refractivity (Wildman–Crippen MR) is 66.6 cm³/mol. The SMILES string of the molecule is C=CCNC(=O)Nc1ccc(CC(N)=O)cc1. The first-order valence-corrected chi connectivity index (χ1v) is 5.15. The van der Waals surface area contributed by atoms with Gasteiger partial charge in [-0.1, -0.05) is 18.2 Å². The smallest absolute Gasteiger partial charge is 0.319 e. The highest BCUT2D eigenvalue weighted by atomic mass is 16.2. The van der Waals surface area contributed by atoms with Crippen molar-refractivity contribution in [3.05, 3.63) is 42.5 Å². The number of urea groups is 1. The molecule has 0 spiro atoms. The van der Waals surface area contributed by atoms with Gasteiger partial charge in [0.05, 0.1) is 6.42 Å². The Labute approximate surface area is 99.7 Å². The quantitative estimate of drug-likeness (QED) is 0.663. The summed E-state index contributed by atoms with van der Waals surface area (Å²) in [6, 6.07) is 6.62. The molecule has 5 heteroatoms. The van der Waals surface area contributed by atoms with E-state index in [2.05, 4.69) is 17.2 Å². The van der Waals surface area contributed by atoms with Crippen LogP contribution in [0.25, 0.3) is 0 Å². The van der Waals surface area contributed by atoms with Gasteiger partial charge in [0.15, 0.2) is 0 Å². The van der Waals surface area contributed by atoms with Crippen LogP contribution in [0.4, 0.5) is 10.5 Å². The number of anilines is 1. The number of hydrogen-bond donors (Lipinski definition) is 3. The Balaban J connectivity index is 2.53. The van der Waals surface area contributed by atoms with Gasteiger partial charge in [-0.25, -0.2) is 4.79 Å². The molecule has 0 saturated heterocycles. The van der Waals surface area contributed by atoms with E-state index in [0.717, 1.165) is 5.56 Å². The fraction of sp³-hybridized carbons (Fsp3) is 0.167. The molecule has 4 N–H and O–H groups in total. The molecule has 0 aliphatic carbocycles. The minimum absolute atomic E-state index is 0.197. The van der Waals surface area contributed by atoms with Crippen LogP contribution in [0.2, 0.25) is 0 Å². The predicted octanol–water partition coefficient (Wildman–Crippen LogP) is 1.02. The second kappa shape index (κ2) is 6.32. The van der Waals surface area contributed by atoms with Crippen molar-refractivity contribution < 1.29 is 9.59 Å². The van der Waals surface area contributed by atoms with E-state index < -0.39 is 0 Å². The van der Waals surface area contributed by atoms with E-state index in [1.807, 2.05) is 0 Å². The Hall–Kier alpha value is -2.30. The Morgan fingerprint density at radius 2 is 1.94 bits per heavy atom. The van der Waals surface area contributed by atoms with Gasteiger partial charge in [-0.2, -0.15) is 0 Å². The van der Waals surface area contributed by atoms with Gasteiger partial charge in [0, 0.05) is 12.2 Å². The first kappa shape index (κ1) is 12.8. The molecule has 0 bridgehead atoms. The van der Waals surface area contributed by atoms with Crippen molar-refractivity contribution in [1.29, 1.82) is 0 Å². The maximum Gasteiger partial charge on any atom is 0.319 e. The van der Waals surface area contributed by atoms with Gasteiger partial charge in [-0.3, -0.25) is 4.79 Å². The highest BCUT2D eigenvalue weighted by Crippen LogP contribution is 2.09. The van der Waals surface area contributed by atoms with Crippen LogP contribution in [0.3, 0.4) is 0 Å². The largest absolute Gasteiger partial charge is 0.369 e. The van der Waals surface area contributed by atoms with Gasteiger partial charge in [0.2, 0.25) is 5.91 Å². The standard InChI is InChI=1S/C12H15N3O2/c1-2-7-14-12(17)15-10-5-3-9(4-6-10)8-11(13)16/h2-6H,1,7-8H2,(H2,13,16)(H2,14,15,17). The highest BCUT2D eigenvalue weighted by Gasteiger charge is 2.01. The van der Waals surface area contributed by atoms with Gasteiger partial charge in [-0.15, -0.1) is 6.58 Å². The molecule has 17 heavy (non-hydrogen) atoms. The number of benzene rings is 1. The summed E-state index contributed by atoms with van der Waals surface area (Å²) in [5.74, 6) is -0.380. The van der Waals surface area contributed by atoms with Gasteiger partial charge in [-0.05, 0) is 17.7 Å². The van der Waals surface area contributed by atoms with Gasteiger partial charge < -0.3 is 16.4 Å². The second-order valence-corrected chi connectivity index (χ2v) is 3.46. The third kappa shape index (κ3) is 4.83. The monoisotopic (exact) mass is 233 g/mol. The third-order valence-electron chi connectivity index (χ3n) is 2.00. The molecule has 0 heterocycles. The molecule has 0 aromatic heterocycles. The van der Waals surface area contributed by atoms with Crippen LogP contribution in [0.1, 0.15) is 5.56 Å². The molecule has 1 aromatic carbocycles. The number of rotatable bonds is 5. The zero-order valence-corrected chi connectivity index (χ0v) is 9.40. The number of amides is 3. The number of nitrogens with one attached hydrogen (secondary N) is 2. The second-order valence-electron chi connectivity index (χ2n) is 3.46. The summed E-state index contributed by atoms with van der Waals surface area (Å²) in [6.07, 6.45) is 1.79. The molecular weight excluding hydrogens is 218 g/mol. The van der Waals surface area contributed by atoms with Crippen LogP contribution in [-0.2, 0) is 11.2 Å². The molecule has 0 radical (unpaired) electrons. The minimum atomic E-state index is -0.380. The number of carbonyl (C=O) groups excluding carboxylic acids is 2. The topological polar surface area (TPSA) is 84.2 Å². The Bertz CT molecular complexity index is 412. The van der Waals surface area contributed by atoms with E-state index in [1.165, 1.54) is 0 Å². The van der Waals surface area contributed by atoms with Crippen LogP contribution in [-0.4, -0.2) is 18.5 Å². The minimum Gasteiger partial charge on any atom is -0.369 e. The molecule has 0 saturated carbocycles. The van der Waals surface area contributed by atoms with Crippen molar-refractivity contribution >= 4 is 17.6 Å². The van der Waals surface area contributed by atoms with Crippen molar-refractivity contribution in [3.8, 4) is 0 Å². The van der Waals surface area contributed by atoms with E-state index >= 15 is 0 Å². The average molecular weight is 233 g/mol. The van der Waals surface area contributed by atoms with E-state index in [4.69, 9.17) is 5.73 Å². The fourth-order valence-electron chi connectivity index (χ4n) is 1.25.